The van der Waals surface area contributed by atoms with E-state index < -0.39 is 0 Å². The van der Waals surface area contributed by atoms with Gasteiger partial charge < -0.3 is 29.9 Å². The lowest BCUT2D eigenvalue weighted by Gasteiger charge is -2.48. The molecule has 77 heavy (non-hydrogen) atoms. The third-order valence-corrected chi connectivity index (χ3v) is 15.4. The van der Waals surface area contributed by atoms with Gasteiger partial charge in [-0.1, -0.05) is 182 Å². The Hall–Kier alpha value is -5.83. The van der Waals surface area contributed by atoms with Gasteiger partial charge in [-0.25, -0.2) is 0 Å². The SMILES string of the molecule is CC(C)(C)C1=CC(CN(Cc2cc(C(C)(C)C)c(O)c(C(C)(C)C)c2)c2nc(-c3ccccc3)nc(N(Cc3cc(C(C)(C)C)c(O)c(C(C)(C)C)c3)Cc3cc(C(C)(C)C)c(O)c(C(C)(C)C)c3)n2)CC2=C1OC2(C)C. The molecule has 416 valence electrons. The topological polar surface area (TPSA) is 115 Å². The Morgan fingerprint density at radius 2 is 0.818 bits per heavy atom. The maximum absolute atomic E-state index is 12.0. The zero-order valence-corrected chi connectivity index (χ0v) is 51.5. The van der Waals surface area contributed by atoms with Gasteiger partial charge in [-0.3, -0.25) is 0 Å². The molecular formula is C68H95N5O4. The van der Waals surface area contributed by atoms with E-state index in [-0.39, 0.29) is 49.4 Å². The van der Waals surface area contributed by atoms with Gasteiger partial charge in [0.15, 0.2) is 5.82 Å². The number of phenols is 3. The monoisotopic (exact) mass is 1050 g/mol. The van der Waals surface area contributed by atoms with Gasteiger partial charge >= 0.3 is 0 Å². The number of benzene rings is 4. The second-order valence-electron chi connectivity index (χ2n) is 30.2. The Morgan fingerprint density at radius 3 is 1.14 bits per heavy atom. The van der Waals surface area contributed by atoms with E-state index in [0.717, 1.165) is 67.8 Å². The van der Waals surface area contributed by atoms with Crippen molar-refractivity contribution < 1.29 is 20.1 Å². The normalized spacial score (nSPS) is 16.4. The van der Waals surface area contributed by atoms with Crippen LogP contribution in [0, 0.1) is 11.3 Å². The van der Waals surface area contributed by atoms with Crippen molar-refractivity contribution in [2.45, 2.75) is 223 Å². The fourth-order valence-corrected chi connectivity index (χ4v) is 11.0. The molecule has 0 saturated heterocycles. The first-order valence-electron chi connectivity index (χ1n) is 28.1. The molecule has 0 radical (unpaired) electrons. The second-order valence-corrected chi connectivity index (χ2v) is 30.2. The van der Waals surface area contributed by atoms with Crippen LogP contribution in [-0.4, -0.2) is 42.4 Å². The Bertz CT molecular complexity index is 2890. The summed E-state index contributed by atoms with van der Waals surface area (Å²) >= 11 is 0. The molecule has 1 aromatic heterocycles. The fraction of sp³-hybridized carbons (Fsp3) is 0.544. The lowest BCUT2D eigenvalue weighted by atomic mass is 9.71. The largest absolute Gasteiger partial charge is 0.507 e. The number of allylic oxidation sites excluding steroid dienone is 1. The highest BCUT2D eigenvalue weighted by Crippen LogP contribution is 2.52. The van der Waals surface area contributed by atoms with Crippen LogP contribution in [0.5, 0.6) is 17.2 Å². The average molecular weight is 1050 g/mol. The number of anilines is 2. The molecule has 1 atom stereocenters. The summed E-state index contributed by atoms with van der Waals surface area (Å²) in [6.07, 6.45) is 3.27. The summed E-state index contributed by atoms with van der Waals surface area (Å²) < 4.78 is 6.53. The lowest BCUT2D eigenvalue weighted by Crippen LogP contribution is -2.44. The number of aromatic nitrogens is 3. The van der Waals surface area contributed by atoms with Gasteiger partial charge in [-0.2, -0.15) is 15.0 Å². The standard InChI is InChI=1S/C68H95N5O4/c1-61(2,3)46-29-41(30-47(54(46)74)62(4,5)6)37-72(38-42-31-48(63(7,8)9)55(75)49(32-42)64(10,11)12)59-69-58(45-27-25-24-26-28-45)70-60(71-59)73(39-43-33-50(65(13,14)15)56(76)51(34-43)66(16,17)18)40-44-35-52(67(19,20)21)57-53(36-44)68(22,23)77-57/h24-35,44,74-76H,36-40H2,1-23H3. The molecule has 1 aliphatic carbocycles. The molecule has 1 aliphatic heterocycles. The van der Waals surface area contributed by atoms with Crippen LogP contribution in [0.3, 0.4) is 0 Å². The van der Waals surface area contributed by atoms with Gasteiger partial charge in [0.25, 0.3) is 0 Å². The van der Waals surface area contributed by atoms with Crippen LogP contribution in [0.4, 0.5) is 11.9 Å². The summed E-state index contributed by atoms with van der Waals surface area (Å²) in [5.74, 6) is 3.75. The molecule has 9 heteroatoms. The number of hydrogen-bond donors (Lipinski definition) is 3. The minimum absolute atomic E-state index is 0.0937. The minimum atomic E-state index is -0.369. The highest BCUT2D eigenvalue weighted by molar-refractivity contribution is 5.61. The van der Waals surface area contributed by atoms with Gasteiger partial charge in [0.1, 0.15) is 28.6 Å². The summed E-state index contributed by atoms with van der Waals surface area (Å²) in [6, 6.07) is 23.2. The van der Waals surface area contributed by atoms with Crippen molar-refractivity contribution in [3.8, 4) is 28.6 Å². The van der Waals surface area contributed by atoms with E-state index in [1.54, 1.807) is 0 Å². The number of ether oxygens (including phenoxy) is 1. The Labute approximate surface area is 464 Å². The van der Waals surface area contributed by atoms with Crippen LogP contribution in [-0.2, 0) is 56.9 Å². The molecule has 9 nitrogen and oxygen atoms in total. The van der Waals surface area contributed by atoms with E-state index in [9.17, 15) is 15.3 Å². The average Bonchev–Trinajstić information content (AvgIpc) is 3.27. The molecule has 0 amide bonds. The zero-order valence-electron chi connectivity index (χ0n) is 51.5. The second kappa shape index (κ2) is 20.1. The van der Waals surface area contributed by atoms with Gasteiger partial charge in [0.05, 0.1) is 0 Å². The molecule has 7 rings (SSSR count). The molecule has 5 aromatic rings. The third-order valence-electron chi connectivity index (χ3n) is 15.4. The number of hydrogen-bond acceptors (Lipinski definition) is 9. The molecule has 0 bridgehead atoms. The highest BCUT2D eigenvalue weighted by atomic mass is 16.5. The van der Waals surface area contributed by atoms with Crippen molar-refractivity contribution in [2.24, 2.45) is 11.3 Å². The Morgan fingerprint density at radius 1 is 0.481 bits per heavy atom. The van der Waals surface area contributed by atoms with Gasteiger partial charge in [0, 0.05) is 37.3 Å². The van der Waals surface area contributed by atoms with E-state index in [0.29, 0.717) is 61.1 Å². The van der Waals surface area contributed by atoms with E-state index >= 15 is 0 Å². The maximum Gasteiger partial charge on any atom is 0.231 e. The van der Waals surface area contributed by atoms with Gasteiger partial charge in [0.2, 0.25) is 11.9 Å². The summed E-state index contributed by atoms with van der Waals surface area (Å²) in [7, 11) is 0. The maximum atomic E-state index is 12.0. The van der Waals surface area contributed by atoms with Crippen molar-refractivity contribution in [1.29, 1.82) is 0 Å². The van der Waals surface area contributed by atoms with Crippen molar-refractivity contribution >= 4 is 11.9 Å². The van der Waals surface area contributed by atoms with E-state index in [1.165, 1.54) is 11.1 Å². The predicted octanol–water partition coefficient (Wildman–Crippen LogP) is 16.7. The smallest absolute Gasteiger partial charge is 0.231 e. The van der Waals surface area contributed by atoms with Crippen molar-refractivity contribution in [3.63, 3.8) is 0 Å². The minimum Gasteiger partial charge on any atom is -0.507 e. The Kier molecular flexibility index (Phi) is 15.4. The number of nitrogens with zero attached hydrogens (tertiary/aromatic N) is 5. The zero-order chi connectivity index (χ0) is 57.6. The van der Waals surface area contributed by atoms with Crippen LogP contribution in [0.25, 0.3) is 11.4 Å². The molecule has 0 spiro atoms. The van der Waals surface area contributed by atoms with Gasteiger partial charge in [-0.15, -0.1) is 0 Å². The van der Waals surface area contributed by atoms with Crippen molar-refractivity contribution in [1.82, 2.24) is 15.0 Å². The molecule has 0 fully saturated rings. The first-order valence-corrected chi connectivity index (χ1v) is 28.1. The van der Waals surface area contributed by atoms with Crippen LogP contribution in [0.1, 0.15) is 216 Å². The van der Waals surface area contributed by atoms with Crippen molar-refractivity contribution in [2.75, 3.05) is 16.3 Å². The molecule has 4 aromatic carbocycles. The molecule has 0 saturated carbocycles. The Balaban J connectivity index is 1.53. The molecular weight excluding hydrogens is 951 g/mol. The molecule has 3 N–H and O–H groups in total. The van der Waals surface area contributed by atoms with E-state index in [2.05, 4.69) is 224 Å². The summed E-state index contributed by atoms with van der Waals surface area (Å²) in [4.78, 5) is 21.2. The highest BCUT2D eigenvalue weighted by Gasteiger charge is 2.46. The van der Waals surface area contributed by atoms with Crippen LogP contribution in [0.15, 0.2) is 89.7 Å². The fourth-order valence-electron chi connectivity index (χ4n) is 11.0. The number of aromatic hydroxyl groups is 3. The number of rotatable bonds is 11. The van der Waals surface area contributed by atoms with Gasteiger partial charge in [-0.05, 0) is 156 Å². The third kappa shape index (κ3) is 12.9. The summed E-state index contributed by atoms with van der Waals surface area (Å²) in [5.41, 5.74) is 9.29. The molecule has 2 aliphatic rings. The van der Waals surface area contributed by atoms with Crippen molar-refractivity contribution in [3.05, 3.63) is 140 Å². The predicted molar refractivity (Wildman–Crippen MR) is 321 cm³/mol. The lowest BCUT2D eigenvalue weighted by molar-refractivity contribution is 0.00172. The molecule has 2 heterocycles. The van der Waals surface area contributed by atoms with E-state index in [4.69, 9.17) is 19.7 Å². The van der Waals surface area contributed by atoms with Crippen LogP contribution < -0.4 is 9.80 Å². The number of phenolic OH excluding ortho intramolecular Hbond substituents is 3. The van der Waals surface area contributed by atoms with Crippen LogP contribution in [0.2, 0.25) is 0 Å². The van der Waals surface area contributed by atoms with Crippen LogP contribution >= 0.6 is 0 Å². The summed E-state index contributed by atoms with van der Waals surface area (Å²) in [6.45, 7) is 51.8. The quantitative estimate of drug-likeness (QED) is 0.119. The first-order chi connectivity index (χ1) is 35.0. The first kappa shape index (κ1) is 58.8. The summed E-state index contributed by atoms with van der Waals surface area (Å²) in [5, 5.41) is 36.0. The molecule has 1 unspecified atom stereocenters. The van der Waals surface area contributed by atoms with E-state index in [1.807, 2.05) is 18.2 Å².